The van der Waals surface area contributed by atoms with Crippen molar-refractivity contribution in [3.8, 4) is 11.3 Å². The summed E-state index contributed by atoms with van der Waals surface area (Å²) < 4.78 is 1.72. The molecule has 0 spiro atoms. The van der Waals surface area contributed by atoms with Crippen LogP contribution in [-0.2, 0) is 16.6 Å². The van der Waals surface area contributed by atoms with Crippen molar-refractivity contribution in [1.82, 2.24) is 9.78 Å². The molecule has 0 aliphatic carbocycles. The summed E-state index contributed by atoms with van der Waals surface area (Å²) in [6.45, 7) is 2.09. The number of hydrogen-bond donors (Lipinski definition) is 0. The van der Waals surface area contributed by atoms with Crippen molar-refractivity contribution in [2.24, 2.45) is 7.05 Å². The minimum Gasteiger partial charge on any atom is -0.296 e. The first kappa shape index (κ1) is 14.8. The van der Waals surface area contributed by atoms with Gasteiger partial charge in [-0.2, -0.15) is 5.10 Å². The summed E-state index contributed by atoms with van der Waals surface area (Å²) in [6, 6.07) is 11.8. The van der Waals surface area contributed by atoms with Gasteiger partial charge >= 0.3 is 0 Å². The van der Waals surface area contributed by atoms with E-state index in [4.69, 9.17) is 0 Å². The van der Waals surface area contributed by atoms with Crippen LogP contribution >= 0.6 is 11.8 Å². The summed E-state index contributed by atoms with van der Waals surface area (Å²) >= 11 is 1.24. The first-order valence-electron chi connectivity index (χ1n) is 7.11. The normalized spacial score (nSPS) is 18.0. The number of amides is 1. The minimum absolute atomic E-state index is 0.0278. The van der Waals surface area contributed by atoms with E-state index in [0.29, 0.717) is 13.0 Å². The summed E-state index contributed by atoms with van der Waals surface area (Å²) in [7, 11) is 1.83. The van der Waals surface area contributed by atoms with Crippen molar-refractivity contribution in [2.45, 2.75) is 18.6 Å². The average Bonchev–Trinajstić information content (AvgIpc) is 3.02. The molecule has 1 aromatic heterocycles. The Kier molecular flexibility index (Phi) is 4.02. The molecule has 0 saturated carbocycles. The Morgan fingerprint density at radius 1 is 1.32 bits per heavy atom. The third kappa shape index (κ3) is 2.92. The smallest absolute Gasteiger partial charge is 0.229 e. The van der Waals surface area contributed by atoms with Crippen LogP contribution in [0.15, 0.2) is 36.4 Å². The minimum atomic E-state index is 0.0278. The Hall–Kier alpha value is -2.08. The fourth-order valence-corrected chi connectivity index (χ4v) is 3.59. The van der Waals surface area contributed by atoms with Gasteiger partial charge in [0, 0.05) is 43.8 Å². The van der Waals surface area contributed by atoms with E-state index in [0.717, 1.165) is 17.1 Å². The summed E-state index contributed by atoms with van der Waals surface area (Å²) in [5.41, 5.74) is 1.86. The standard InChI is InChI=1S/C16H17N3O2S/c1-11(20)22-13-8-16(21)19(10-13)15-9-14(17-18(15)2)12-6-4-3-5-7-12/h3-7,9,13H,8,10H2,1-2H3. The summed E-state index contributed by atoms with van der Waals surface area (Å²) in [4.78, 5) is 25.2. The van der Waals surface area contributed by atoms with E-state index in [2.05, 4.69) is 5.10 Å². The molecule has 2 aromatic rings. The van der Waals surface area contributed by atoms with Crippen LogP contribution in [0, 0.1) is 0 Å². The summed E-state index contributed by atoms with van der Waals surface area (Å²) in [5, 5.41) is 4.57. The largest absolute Gasteiger partial charge is 0.296 e. The molecule has 5 nitrogen and oxygen atoms in total. The zero-order chi connectivity index (χ0) is 15.7. The van der Waals surface area contributed by atoms with E-state index in [1.54, 1.807) is 9.58 Å². The van der Waals surface area contributed by atoms with Gasteiger partial charge in [0.2, 0.25) is 5.91 Å². The van der Waals surface area contributed by atoms with Crippen LogP contribution in [0.25, 0.3) is 11.3 Å². The molecule has 22 heavy (non-hydrogen) atoms. The molecule has 3 rings (SSSR count). The van der Waals surface area contributed by atoms with E-state index in [1.165, 1.54) is 18.7 Å². The molecule has 1 unspecified atom stereocenters. The molecule has 1 atom stereocenters. The summed E-state index contributed by atoms with van der Waals surface area (Å²) in [5.74, 6) is 0.817. The predicted molar refractivity (Wildman–Crippen MR) is 87.7 cm³/mol. The van der Waals surface area contributed by atoms with Crippen LogP contribution in [0.1, 0.15) is 13.3 Å². The second kappa shape index (κ2) is 5.96. The van der Waals surface area contributed by atoms with Gasteiger partial charge in [0.05, 0.1) is 5.69 Å². The van der Waals surface area contributed by atoms with Crippen LogP contribution in [0.5, 0.6) is 0 Å². The lowest BCUT2D eigenvalue weighted by Gasteiger charge is -2.15. The Morgan fingerprint density at radius 2 is 2.05 bits per heavy atom. The average molecular weight is 315 g/mol. The lowest BCUT2D eigenvalue weighted by Crippen LogP contribution is -2.27. The summed E-state index contributed by atoms with van der Waals surface area (Å²) in [6.07, 6.45) is 0.399. The highest BCUT2D eigenvalue weighted by Gasteiger charge is 2.33. The number of aromatic nitrogens is 2. The Bertz CT molecular complexity index is 711. The number of nitrogens with zero attached hydrogens (tertiary/aromatic N) is 3. The molecule has 1 amide bonds. The number of hydrogen-bond acceptors (Lipinski definition) is 4. The quantitative estimate of drug-likeness (QED) is 0.873. The number of benzene rings is 1. The van der Waals surface area contributed by atoms with Gasteiger partial charge in [-0.25, -0.2) is 0 Å². The van der Waals surface area contributed by atoms with Crippen LogP contribution in [0.2, 0.25) is 0 Å². The van der Waals surface area contributed by atoms with Gasteiger partial charge in [-0.1, -0.05) is 42.1 Å². The SMILES string of the molecule is CC(=O)SC1CC(=O)N(c2cc(-c3ccccc3)nn2C)C1. The zero-order valence-corrected chi connectivity index (χ0v) is 13.3. The molecule has 0 N–H and O–H groups in total. The third-order valence-corrected chi connectivity index (χ3v) is 4.60. The Balaban J connectivity index is 1.85. The third-order valence-electron chi connectivity index (χ3n) is 3.62. The first-order valence-corrected chi connectivity index (χ1v) is 7.99. The van der Waals surface area contributed by atoms with Gasteiger partial charge < -0.3 is 0 Å². The Morgan fingerprint density at radius 3 is 2.73 bits per heavy atom. The van der Waals surface area contributed by atoms with Crippen molar-refractivity contribution >= 4 is 28.6 Å². The number of carbonyl (C=O) groups excluding carboxylic acids is 2. The lowest BCUT2D eigenvalue weighted by molar-refractivity contribution is -0.117. The van der Waals surface area contributed by atoms with Crippen molar-refractivity contribution in [3.63, 3.8) is 0 Å². The molecule has 1 saturated heterocycles. The van der Waals surface area contributed by atoms with E-state index >= 15 is 0 Å². The van der Waals surface area contributed by atoms with Crippen molar-refractivity contribution < 1.29 is 9.59 Å². The van der Waals surface area contributed by atoms with Gasteiger partial charge in [-0.15, -0.1) is 0 Å². The Labute approximate surface area is 133 Å². The highest BCUT2D eigenvalue weighted by atomic mass is 32.2. The molecule has 1 aliphatic heterocycles. The monoisotopic (exact) mass is 315 g/mol. The predicted octanol–water partition coefficient (Wildman–Crippen LogP) is 2.47. The molecular weight excluding hydrogens is 298 g/mol. The molecule has 1 aliphatic rings. The lowest BCUT2D eigenvalue weighted by atomic mass is 10.1. The molecule has 2 heterocycles. The van der Waals surface area contributed by atoms with E-state index in [9.17, 15) is 9.59 Å². The van der Waals surface area contributed by atoms with Gasteiger partial charge in [-0.05, 0) is 0 Å². The molecule has 0 radical (unpaired) electrons. The number of anilines is 1. The first-order chi connectivity index (χ1) is 10.5. The molecule has 0 bridgehead atoms. The van der Waals surface area contributed by atoms with E-state index in [1.807, 2.05) is 43.4 Å². The molecule has 114 valence electrons. The molecule has 1 fully saturated rings. The zero-order valence-electron chi connectivity index (χ0n) is 12.5. The second-order valence-electron chi connectivity index (χ2n) is 5.32. The fraction of sp³-hybridized carbons (Fsp3) is 0.312. The van der Waals surface area contributed by atoms with Gasteiger partial charge in [0.25, 0.3) is 0 Å². The van der Waals surface area contributed by atoms with E-state index in [-0.39, 0.29) is 16.3 Å². The highest BCUT2D eigenvalue weighted by molar-refractivity contribution is 8.14. The van der Waals surface area contributed by atoms with Gasteiger partial charge in [-0.3, -0.25) is 19.2 Å². The van der Waals surface area contributed by atoms with Crippen molar-refractivity contribution in [1.29, 1.82) is 0 Å². The highest BCUT2D eigenvalue weighted by Crippen LogP contribution is 2.30. The van der Waals surface area contributed by atoms with Crippen molar-refractivity contribution in [3.05, 3.63) is 36.4 Å². The maximum Gasteiger partial charge on any atom is 0.229 e. The van der Waals surface area contributed by atoms with Crippen molar-refractivity contribution in [2.75, 3.05) is 11.4 Å². The molecule has 1 aromatic carbocycles. The maximum atomic E-state index is 12.2. The van der Waals surface area contributed by atoms with Crippen LogP contribution in [0.3, 0.4) is 0 Å². The van der Waals surface area contributed by atoms with Crippen LogP contribution in [0.4, 0.5) is 5.82 Å². The number of carbonyl (C=O) groups is 2. The second-order valence-corrected chi connectivity index (χ2v) is 6.79. The van der Waals surface area contributed by atoms with Crippen LogP contribution in [-0.4, -0.2) is 32.6 Å². The number of thioether (sulfide) groups is 1. The van der Waals surface area contributed by atoms with E-state index < -0.39 is 0 Å². The van der Waals surface area contributed by atoms with Gasteiger partial charge in [0.1, 0.15) is 5.82 Å². The van der Waals surface area contributed by atoms with Gasteiger partial charge in [0.15, 0.2) is 5.12 Å². The fourth-order valence-electron chi connectivity index (χ4n) is 2.67. The molecular formula is C16H17N3O2S. The number of rotatable bonds is 3. The number of aryl methyl sites for hydroxylation is 1. The topological polar surface area (TPSA) is 55.2 Å². The maximum absolute atomic E-state index is 12.2. The molecule has 6 heteroatoms. The van der Waals surface area contributed by atoms with Crippen LogP contribution < -0.4 is 4.90 Å².